The van der Waals surface area contributed by atoms with Crippen LogP contribution in [0.15, 0.2) is 126 Å². The summed E-state index contributed by atoms with van der Waals surface area (Å²) in [6, 6.07) is 36.8. The lowest BCUT2D eigenvalue weighted by molar-refractivity contribution is 0.415. The Hall–Kier alpha value is -4.37. The van der Waals surface area contributed by atoms with Crippen molar-refractivity contribution in [2.24, 2.45) is 5.10 Å². The van der Waals surface area contributed by atoms with E-state index in [1.54, 1.807) is 7.11 Å². The van der Waals surface area contributed by atoms with Gasteiger partial charge in [-0.05, 0) is 72.1 Å². The largest absolute Gasteiger partial charge is 0.497 e. The number of hydrazone groups is 1. The maximum atomic E-state index is 5.28. The van der Waals surface area contributed by atoms with Gasteiger partial charge < -0.3 is 4.74 Å². The number of anilines is 2. The fourth-order valence-corrected chi connectivity index (χ4v) is 3.50. The first-order valence-electron chi connectivity index (χ1n) is 11.3. The molecule has 0 aliphatic carbocycles. The van der Waals surface area contributed by atoms with Crippen molar-refractivity contribution >= 4 is 29.2 Å². The van der Waals surface area contributed by atoms with E-state index >= 15 is 0 Å². The zero-order valence-electron chi connectivity index (χ0n) is 19.5. The Morgan fingerprint density at radius 2 is 1.18 bits per heavy atom. The second kappa shape index (κ2) is 11.5. The van der Waals surface area contributed by atoms with Crippen molar-refractivity contribution < 1.29 is 4.74 Å². The predicted molar refractivity (Wildman–Crippen MR) is 145 cm³/mol. The average molecular weight is 445 g/mol. The van der Waals surface area contributed by atoms with Crippen molar-refractivity contribution in [2.75, 3.05) is 12.1 Å². The summed E-state index contributed by atoms with van der Waals surface area (Å²) in [6.45, 7) is 2.02. The van der Waals surface area contributed by atoms with Crippen molar-refractivity contribution in [1.29, 1.82) is 0 Å². The molecular weight excluding hydrogens is 416 g/mol. The van der Waals surface area contributed by atoms with Gasteiger partial charge in [0.2, 0.25) is 0 Å². The molecule has 0 spiro atoms. The van der Waals surface area contributed by atoms with Crippen LogP contribution in [0, 0.1) is 0 Å². The normalized spacial score (nSPS) is 11.8. The number of allylic oxidation sites excluding steroid dienone is 2. The Morgan fingerprint density at radius 3 is 1.76 bits per heavy atom. The number of para-hydroxylation sites is 1. The Morgan fingerprint density at radius 1 is 0.647 bits per heavy atom. The molecule has 0 saturated carbocycles. The van der Waals surface area contributed by atoms with Crippen LogP contribution in [0.5, 0.6) is 5.75 Å². The fourth-order valence-electron chi connectivity index (χ4n) is 3.50. The van der Waals surface area contributed by atoms with Gasteiger partial charge in [-0.25, -0.2) is 5.01 Å². The number of benzene rings is 4. The summed E-state index contributed by atoms with van der Waals surface area (Å²) in [5, 5.41) is 6.94. The Balaban J connectivity index is 1.55. The third-order valence-corrected chi connectivity index (χ3v) is 5.38. The van der Waals surface area contributed by atoms with Crippen LogP contribution in [0.25, 0.3) is 12.2 Å². The minimum atomic E-state index is 0.832. The number of ether oxygens (including phenoxy) is 1. The summed E-state index contributed by atoms with van der Waals surface area (Å²) >= 11 is 0. The highest BCUT2D eigenvalue weighted by Gasteiger charge is 2.09. The van der Waals surface area contributed by atoms with E-state index in [1.807, 2.05) is 72.6 Å². The van der Waals surface area contributed by atoms with Crippen LogP contribution in [0.3, 0.4) is 0 Å². The van der Waals surface area contributed by atoms with E-state index in [0.717, 1.165) is 34.0 Å². The van der Waals surface area contributed by atoms with Crippen LogP contribution in [-0.2, 0) is 0 Å². The third-order valence-electron chi connectivity index (χ3n) is 5.38. The SMILES string of the molecule is COc1ccc(/C(C)=N/N(c2ccccc2)c2ccc(C=CC=Cc3ccccc3)cc2)cc1. The molecule has 0 bridgehead atoms. The Kier molecular flexibility index (Phi) is 7.70. The molecule has 0 unspecified atom stereocenters. The van der Waals surface area contributed by atoms with E-state index in [0.29, 0.717) is 0 Å². The molecule has 0 aliphatic heterocycles. The molecule has 4 aromatic carbocycles. The van der Waals surface area contributed by atoms with E-state index in [4.69, 9.17) is 9.84 Å². The lowest BCUT2D eigenvalue weighted by Crippen LogP contribution is -2.12. The maximum Gasteiger partial charge on any atom is 0.118 e. The molecule has 0 aromatic heterocycles. The van der Waals surface area contributed by atoms with Crippen molar-refractivity contribution in [2.45, 2.75) is 6.92 Å². The highest BCUT2D eigenvalue weighted by Crippen LogP contribution is 2.27. The van der Waals surface area contributed by atoms with Crippen LogP contribution >= 0.6 is 0 Å². The first-order valence-corrected chi connectivity index (χ1v) is 11.3. The second-order valence-corrected chi connectivity index (χ2v) is 7.78. The van der Waals surface area contributed by atoms with Gasteiger partial charge >= 0.3 is 0 Å². The number of rotatable bonds is 8. The number of methoxy groups -OCH3 is 1. The number of nitrogens with zero attached hydrogens (tertiary/aromatic N) is 2. The molecule has 3 heteroatoms. The molecule has 0 heterocycles. The molecule has 34 heavy (non-hydrogen) atoms. The van der Waals surface area contributed by atoms with E-state index in [1.165, 1.54) is 5.56 Å². The minimum Gasteiger partial charge on any atom is -0.497 e. The molecule has 0 saturated heterocycles. The summed E-state index contributed by atoms with van der Waals surface area (Å²) in [4.78, 5) is 0. The van der Waals surface area contributed by atoms with Gasteiger partial charge in [0.05, 0.1) is 24.2 Å². The monoisotopic (exact) mass is 444 g/mol. The minimum absolute atomic E-state index is 0.832. The van der Waals surface area contributed by atoms with E-state index in [2.05, 4.69) is 72.8 Å². The summed E-state index contributed by atoms with van der Waals surface area (Å²) in [5.41, 5.74) is 6.28. The lowest BCUT2D eigenvalue weighted by atomic mass is 10.1. The van der Waals surface area contributed by atoms with Gasteiger partial charge in [0, 0.05) is 0 Å². The van der Waals surface area contributed by atoms with Gasteiger partial charge in [0.25, 0.3) is 0 Å². The third kappa shape index (κ3) is 6.11. The first-order chi connectivity index (χ1) is 16.7. The van der Waals surface area contributed by atoms with Gasteiger partial charge in [-0.2, -0.15) is 5.10 Å². The molecule has 0 radical (unpaired) electrons. The molecule has 0 amide bonds. The van der Waals surface area contributed by atoms with Crippen LogP contribution in [0.2, 0.25) is 0 Å². The fraction of sp³-hybridized carbons (Fsp3) is 0.0645. The zero-order chi connectivity index (χ0) is 23.6. The maximum absolute atomic E-state index is 5.28. The number of hydrogen-bond donors (Lipinski definition) is 0. The van der Waals surface area contributed by atoms with E-state index in [9.17, 15) is 0 Å². The molecule has 3 nitrogen and oxygen atoms in total. The highest BCUT2D eigenvalue weighted by molar-refractivity contribution is 5.99. The van der Waals surface area contributed by atoms with Gasteiger partial charge in [0.1, 0.15) is 5.75 Å². The van der Waals surface area contributed by atoms with Gasteiger partial charge in [-0.1, -0.05) is 85.0 Å². The van der Waals surface area contributed by atoms with E-state index < -0.39 is 0 Å². The molecule has 0 atom stereocenters. The summed E-state index contributed by atoms with van der Waals surface area (Å²) in [5.74, 6) is 0.832. The van der Waals surface area contributed by atoms with Crippen LogP contribution in [0.4, 0.5) is 11.4 Å². The van der Waals surface area contributed by atoms with Crippen LogP contribution < -0.4 is 9.75 Å². The topological polar surface area (TPSA) is 24.8 Å². The molecule has 4 aromatic rings. The first kappa shape index (κ1) is 22.8. The highest BCUT2D eigenvalue weighted by atomic mass is 16.5. The van der Waals surface area contributed by atoms with Gasteiger partial charge in [-0.15, -0.1) is 0 Å². The van der Waals surface area contributed by atoms with Gasteiger partial charge in [0.15, 0.2) is 0 Å². The van der Waals surface area contributed by atoms with Crippen LogP contribution in [0.1, 0.15) is 23.6 Å². The second-order valence-electron chi connectivity index (χ2n) is 7.78. The van der Waals surface area contributed by atoms with Gasteiger partial charge in [-0.3, -0.25) is 0 Å². The molecule has 4 rings (SSSR count). The quantitative estimate of drug-likeness (QED) is 0.156. The molecule has 168 valence electrons. The van der Waals surface area contributed by atoms with Crippen molar-refractivity contribution in [3.05, 3.63) is 138 Å². The van der Waals surface area contributed by atoms with Crippen molar-refractivity contribution in [3.63, 3.8) is 0 Å². The van der Waals surface area contributed by atoms with Crippen LogP contribution in [-0.4, -0.2) is 12.8 Å². The van der Waals surface area contributed by atoms with Crippen molar-refractivity contribution in [1.82, 2.24) is 0 Å². The summed E-state index contributed by atoms with van der Waals surface area (Å²) in [6.07, 6.45) is 8.31. The average Bonchev–Trinajstić information content (AvgIpc) is 2.91. The lowest BCUT2D eigenvalue weighted by Gasteiger charge is -2.21. The molecular formula is C31H28N2O. The smallest absolute Gasteiger partial charge is 0.118 e. The predicted octanol–water partition coefficient (Wildman–Crippen LogP) is 7.98. The number of hydrogen-bond acceptors (Lipinski definition) is 3. The summed E-state index contributed by atoms with van der Waals surface area (Å²) in [7, 11) is 1.67. The Labute approximate surface area is 202 Å². The van der Waals surface area contributed by atoms with Crippen molar-refractivity contribution in [3.8, 4) is 5.75 Å². The Bertz CT molecular complexity index is 1260. The standard InChI is InChI=1S/C31H28N2O/c1-25(28-19-23-31(34-2)24-20-28)32-33(29-15-7-4-8-16-29)30-21-17-27(18-22-30)14-10-9-13-26-11-5-3-6-12-26/h3-24H,1-2H3/b13-9?,14-10?,32-25+. The molecule has 0 aliphatic rings. The van der Waals surface area contributed by atoms with E-state index in [-0.39, 0.29) is 0 Å². The zero-order valence-corrected chi connectivity index (χ0v) is 19.5. The molecule has 0 N–H and O–H groups in total. The summed E-state index contributed by atoms with van der Waals surface area (Å²) < 4.78 is 5.28. The molecule has 0 fully saturated rings.